The standard InChI is InChI=1S/C25H28ClNO6S/c1-5-7-17-12-23(28)32-21-14-22(20(26)13-19(17)21)33-25(29)24(16(4)6-2)27-34(30,31)18-10-8-15(3)9-11-18/h8-14,16,24,27H,5-7H2,1-4H3. The highest BCUT2D eigenvalue weighted by atomic mass is 35.5. The number of ether oxygens (including phenoxy) is 1. The Labute approximate surface area is 204 Å². The van der Waals surface area contributed by atoms with Crippen LogP contribution in [0.2, 0.25) is 5.02 Å². The van der Waals surface area contributed by atoms with E-state index in [1.54, 1.807) is 25.1 Å². The Hall–Kier alpha value is -2.68. The average Bonchev–Trinajstić information content (AvgIpc) is 2.78. The maximum Gasteiger partial charge on any atom is 0.336 e. The van der Waals surface area contributed by atoms with Gasteiger partial charge in [0.1, 0.15) is 11.6 Å². The van der Waals surface area contributed by atoms with E-state index in [9.17, 15) is 18.0 Å². The molecule has 0 fully saturated rings. The van der Waals surface area contributed by atoms with Gasteiger partial charge in [0.25, 0.3) is 0 Å². The van der Waals surface area contributed by atoms with Gasteiger partial charge >= 0.3 is 11.6 Å². The molecule has 2 aromatic carbocycles. The van der Waals surface area contributed by atoms with Gasteiger partial charge in [-0.25, -0.2) is 18.0 Å². The van der Waals surface area contributed by atoms with Crippen molar-refractivity contribution in [2.45, 2.75) is 57.9 Å². The van der Waals surface area contributed by atoms with Gasteiger partial charge in [-0.05, 0) is 43.0 Å². The van der Waals surface area contributed by atoms with Crippen molar-refractivity contribution < 1.29 is 22.4 Å². The first-order chi connectivity index (χ1) is 16.1. The number of hydrogen-bond donors (Lipinski definition) is 1. The van der Waals surface area contributed by atoms with Crippen LogP contribution in [-0.4, -0.2) is 20.4 Å². The molecule has 3 rings (SSSR count). The van der Waals surface area contributed by atoms with Crippen molar-refractivity contribution in [3.8, 4) is 5.75 Å². The highest BCUT2D eigenvalue weighted by Gasteiger charge is 2.32. The SMILES string of the molecule is CCCc1cc(=O)oc2cc(OC(=O)C(NS(=O)(=O)c3ccc(C)cc3)C(C)CC)c(Cl)cc12. The zero-order valence-corrected chi connectivity index (χ0v) is 21.1. The van der Waals surface area contributed by atoms with Crippen molar-refractivity contribution in [1.82, 2.24) is 4.72 Å². The fraction of sp³-hybridized carbons (Fsp3) is 0.360. The van der Waals surface area contributed by atoms with Gasteiger partial charge < -0.3 is 9.15 Å². The molecule has 1 N–H and O–H groups in total. The van der Waals surface area contributed by atoms with Gasteiger partial charge in [-0.1, -0.05) is 62.9 Å². The quantitative estimate of drug-likeness (QED) is 0.249. The van der Waals surface area contributed by atoms with Gasteiger partial charge in [0, 0.05) is 17.5 Å². The zero-order valence-electron chi connectivity index (χ0n) is 19.6. The Morgan fingerprint density at radius 1 is 1.15 bits per heavy atom. The summed E-state index contributed by atoms with van der Waals surface area (Å²) >= 11 is 6.39. The largest absolute Gasteiger partial charge is 0.424 e. The number of rotatable bonds is 9. The van der Waals surface area contributed by atoms with Gasteiger partial charge in [-0.2, -0.15) is 4.72 Å². The maximum atomic E-state index is 13.1. The lowest BCUT2D eigenvalue weighted by atomic mass is 10.0. The zero-order chi connectivity index (χ0) is 25.0. The van der Waals surface area contributed by atoms with Gasteiger partial charge in [-0.3, -0.25) is 0 Å². The summed E-state index contributed by atoms with van der Waals surface area (Å²) < 4.78 is 39.1. The van der Waals surface area contributed by atoms with Crippen LogP contribution in [0.25, 0.3) is 11.0 Å². The molecule has 0 aliphatic carbocycles. The first-order valence-electron chi connectivity index (χ1n) is 11.1. The van der Waals surface area contributed by atoms with E-state index in [2.05, 4.69) is 4.72 Å². The van der Waals surface area contributed by atoms with Crippen molar-refractivity contribution in [3.63, 3.8) is 0 Å². The summed E-state index contributed by atoms with van der Waals surface area (Å²) in [7, 11) is -3.97. The third-order valence-corrected chi connectivity index (χ3v) is 7.45. The maximum absolute atomic E-state index is 13.1. The van der Waals surface area contributed by atoms with E-state index >= 15 is 0 Å². The number of carbonyl (C=O) groups excluding carboxylic acids is 1. The van der Waals surface area contributed by atoms with E-state index in [4.69, 9.17) is 20.8 Å². The predicted octanol–water partition coefficient (Wildman–Crippen LogP) is 5.01. The Kier molecular flexibility index (Phi) is 8.17. The lowest BCUT2D eigenvalue weighted by molar-refractivity contribution is -0.137. The highest BCUT2D eigenvalue weighted by molar-refractivity contribution is 7.89. The Balaban J connectivity index is 1.93. The molecular weight excluding hydrogens is 478 g/mol. The number of benzene rings is 2. The molecule has 34 heavy (non-hydrogen) atoms. The van der Waals surface area contributed by atoms with Crippen LogP contribution >= 0.6 is 11.6 Å². The smallest absolute Gasteiger partial charge is 0.336 e. The average molecular weight is 506 g/mol. The van der Waals surface area contributed by atoms with E-state index in [0.29, 0.717) is 18.2 Å². The first-order valence-corrected chi connectivity index (χ1v) is 13.0. The number of esters is 1. The number of nitrogens with one attached hydrogen (secondary N) is 1. The molecule has 7 nitrogen and oxygen atoms in total. The van der Waals surface area contributed by atoms with Gasteiger partial charge in [0.2, 0.25) is 10.0 Å². The monoisotopic (exact) mass is 505 g/mol. The molecule has 0 saturated carbocycles. The van der Waals surface area contributed by atoms with Crippen LogP contribution in [0.4, 0.5) is 0 Å². The second-order valence-corrected chi connectivity index (χ2v) is 10.5. The number of hydrogen-bond acceptors (Lipinski definition) is 6. The summed E-state index contributed by atoms with van der Waals surface area (Å²) in [5.74, 6) is -1.18. The molecule has 1 aromatic heterocycles. The summed E-state index contributed by atoms with van der Waals surface area (Å²) in [5.41, 5.74) is 1.43. The molecule has 0 bridgehead atoms. The Bertz CT molecular complexity index is 1350. The third kappa shape index (κ3) is 5.87. The van der Waals surface area contributed by atoms with Crippen molar-refractivity contribution in [2.75, 3.05) is 0 Å². The topological polar surface area (TPSA) is 103 Å². The van der Waals surface area contributed by atoms with E-state index in [1.807, 2.05) is 20.8 Å². The number of halogens is 1. The van der Waals surface area contributed by atoms with Crippen molar-refractivity contribution in [1.29, 1.82) is 0 Å². The Morgan fingerprint density at radius 3 is 2.44 bits per heavy atom. The molecule has 0 spiro atoms. The second kappa shape index (κ2) is 10.7. The van der Waals surface area contributed by atoms with Crippen molar-refractivity contribution >= 4 is 38.6 Å². The van der Waals surface area contributed by atoms with Crippen LogP contribution in [-0.2, 0) is 21.2 Å². The summed E-state index contributed by atoms with van der Waals surface area (Å²) in [6, 6.07) is 9.56. The summed E-state index contributed by atoms with van der Waals surface area (Å²) in [5, 5.41) is 0.807. The molecule has 0 saturated heterocycles. The van der Waals surface area contributed by atoms with Gasteiger partial charge in [0.15, 0.2) is 5.75 Å². The van der Waals surface area contributed by atoms with E-state index in [0.717, 1.165) is 17.5 Å². The number of fused-ring (bicyclic) bond motifs is 1. The summed E-state index contributed by atoms with van der Waals surface area (Å²) in [6.07, 6.45) is 2.01. The molecule has 1 heterocycles. The van der Waals surface area contributed by atoms with Crippen LogP contribution in [0.3, 0.4) is 0 Å². The molecular formula is C25H28ClNO6S. The highest BCUT2D eigenvalue weighted by Crippen LogP contribution is 2.32. The molecule has 3 aromatic rings. The van der Waals surface area contributed by atoms with Crippen LogP contribution in [0.5, 0.6) is 5.75 Å². The van der Waals surface area contributed by atoms with Crippen LogP contribution in [0.15, 0.2) is 56.6 Å². The fourth-order valence-corrected chi connectivity index (χ4v) is 5.03. The molecule has 0 aliphatic rings. The van der Waals surface area contributed by atoms with E-state index < -0.39 is 27.7 Å². The third-order valence-electron chi connectivity index (χ3n) is 5.69. The summed E-state index contributed by atoms with van der Waals surface area (Å²) in [4.78, 5) is 25.1. The lowest BCUT2D eigenvalue weighted by Gasteiger charge is -2.23. The normalized spacial score (nSPS) is 13.6. The summed E-state index contributed by atoms with van der Waals surface area (Å²) in [6.45, 7) is 7.44. The number of sulfonamides is 1. The minimum absolute atomic E-state index is 0.0150. The molecule has 0 aliphatic heterocycles. The predicted molar refractivity (Wildman–Crippen MR) is 132 cm³/mol. The molecule has 182 valence electrons. The first kappa shape index (κ1) is 25.9. The van der Waals surface area contributed by atoms with E-state index in [-0.39, 0.29) is 27.2 Å². The van der Waals surface area contributed by atoms with Crippen molar-refractivity contribution in [3.05, 3.63) is 69.0 Å². The van der Waals surface area contributed by atoms with Gasteiger partial charge in [0.05, 0.1) is 9.92 Å². The lowest BCUT2D eigenvalue weighted by Crippen LogP contribution is -2.46. The minimum atomic E-state index is -3.97. The minimum Gasteiger partial charge on any atom is -0.424 e. The number of aryl methyl sites for hydroxylation is 2. The van der Waals surface area contributed by atoms with Crippen LogP contribution in [0, 0.1) is 12.8 Å². The molecule has 0 amide bonds. The molecule has 9 heteroatoms. The second-order valence-electron chi connectivity index (χ2n) is 8.34. The fourth-order valence-electron chi connectivity index (χ4n) is 3.54. The van der Waals surface area contributed by atoms with Crippen LogP contribution in [0.1, 0.15) is 44.7 Å². The van der Waals surface area contributed by atoms with Crippen LogP contribution < -0.4 is 15.1 Å². The molecule has 2 unspecified atom stereocenters. The Morgan fingerprint density at radius 2 is 1.82 bits per heavy atom. The molecule has 2 atom stereocenters. The number of carbonyl (C=O) groups is 1. The molecule has 0 radical (unpaired) electrons. The van der Waals surface area contributed by atoms with Gasteiger partial charge in [-0.15, -0.1) is 0 Å². The van der Waals surface area contributed by atoms with E-state index in [1.165, 1.54) is 24.3 Å². The van der Waals surface area contributed by atoms with Crippen molar-refractivity contribution in [2.24, 2.45) is 5.92 Å².